The average Bonchev–Trinajstić information content (AvgIpc) is 2.58. The molecule has 0 amide bonds. The number of hydrogen-bond acceptors (Lipinski definition) is 3. The molecule has 148 valence electrons. The Morgan fingerprint density at radius 3 is 2.37 bits per heavy atom. The fourth-order valence-electron chi connectivity index (χ4n) is 3.59. The minimum atomic E-state index is -0.758. The van der Waals surface area contributed by atoms with Crippen LogP contribution in [0.2, 0.25) is 0 Å². The van der Waals surface area contributed by atoms with E-state index in [9.17, 15) is 4.79 Å². The van der Waals surface area contributed by atoms with E-state index in [0.29, 0.717) is 0 Å². The Labute approximate surface area is 181 Å². The molecule has 2 aromatic carbocycles. The molecule has 0 bridgehead atoms. The van der Waals surface area contributed by atoms with Crippen molar-refractivity contribution in [3.05, 3.63) is 70.2 Å². The topological polar surface area (TPSA) is 43.8 Å². The number of halogens is 3. The molecule has 27 heavy (non-hydrogen) atoms. The van der Waals surface area contributed by atoms with Crippen LogP contribution in [0.5, 0.6) is 0 Å². The van der Waals surface area contributed by atoms with Gasteiger partial charge in [-0.1, -0.05) is 58.4 Å². The Bertz CT molecular complexity index is 733. The summed E-state index contributed by atoms with van der Waals surface area (Å²) in [6.07, 6.45) is 0. The van der Waals surface area contributed by atoms with Gasteiger partial charge in [0.15, 0.2) is 0 Å². The largest absolute Gasteiger partial charge is 0.480 e. The van der Waals surface area contributed by atoms with Gasteiger partial charge in [0.25, 0.3) is 0 Å². The second-order valence-electron chi connectivity index (χ2n) is 6.58. The van der Waals surface area contributed by atoms with Gasteiger partial charge in [-0.2, -0.15) is 0 Å². The van der Waals surface area contributed by atoms with Crippen molar-refractivity contribution in [2.75, 3.05) is 26.2 Å². The predicted molar refractivity (Wildman–Crippen MR) is 117 cm³/mol. The number of carboxylic acids is 1. The molecule has 1 heterocycles. The first-order valence-electron chi connectivity index (χ1n) is 8.55. The van der Waals surface area contributed by atoms with Gasteiger partial charge in [-0.15, -0.1) is 24.8 Å². The van der Waals surface area contributed by atoms with Crippen molar-refractivity contribution in [1.82, 2.24) is 9.80 Å². The molecule has 7 heteroatoms. The first-order chi connectivity index (χ1) is 12.0. The molecule has 1 fully saturated rings. The lowest BCUT2D eigenvalue weighted by Crippen LogP contribution is -2.54. The van der Waals surface area contributed by atoms with E-state index >= 15 is 0 Å². The lowest BCUT2D eigenvalue weighted by Gasteiger charge is -2.43. The molecule has 0 spiro atoms. The maximum Gasteiger partial charge on any atom is 0.317 e. The van der Waals surface area contributed by atoms with Crippen molar-refractivity contribution in [3.8, 4) is 0 Å². The van der Waals surface area contributed by atoms with E-state index in [1.807, 2.05) is 17.0 Å². The first kappa shape index (κ1) is 23.9. The molecule has 0 radical (unpaired) electrons. The Morgan fingerprint density at radius 1 is 1.11 bits per heavy atom. The zero-order chi connectivity index (χ0) is 17.8. The molecule has 1 N–H and O–H groups in total. The highest BCUT2D eigenvalue weighted by atomic mass is 79.9. The second kappa shape index (κ2) is 11.0. The maximum absolute atomic E-state index is 11.0. The molecule has 0 aromatic heterocycles. The summed E-state index contributed by atoms with van der Waals surface area (Å²) in [7, 11) is 0. The fraction of sp³-hybridized carbons (Fsp3) is 0.350. The smallest absolute Gasteiger partial charge is 0.317 e. The molecule has 1 aliphatic heterocycles. The first-order valence-corrected chi connectivity index (χ1v) is 9.34. The fourth-order valence-corrected chi connectivity index (χ4v) is 4.01. The number of hydrogen-bond donors (Lipinski definition) is 1. The van der Waals surface area contributed by atoms with Crippen LogP contribution in [0.25, 0.3) is 0 Å². The van der Waals surface area contributed by atoms with Crippen molar-refractivity contribution in [2.45, 2.75) is 19.0 Å². The molecule has 1 saturated heterocycles. The summed E-state index contributed by atoms with van der Waals surface area (Å²) >= 11 is 3.58. The summed E-state index contributed by atoms with van der Waals surface area (Å²) in [4.78, 5) is 15.6. The van der Waals surface area contributed by atoms with Gasteiger partial charge in [0.1, 0.15) is 0 Å². The third-order valence-electron chi connectivity index (χ3n) is 4.78. The molecular formula is C20H25BrCl2N2O2. The van der Waals surface area contributed by atoms with Crippen molar-refractivity contribution >= 4 is 46.7 Å². The zero-order valence-electron chi connectivity index (χ0n) is 15.1. The van der Waals surface area contributed by atoms with Crippen LogP contribution >= 0.6 is 40.7 Å². The standard InChI is InChI=1S/C20H23BrN2O2.2ClH/c1-15-13-23(11-10-22(15)14-19(24)25)20(16-6-3-2-4-7-16)17-8-5-9-18(21)12-17;;/h2-9,12,15,20H,10-11,13-14H2,1H3,(H,24,25);2*1H/t15?,20-;;/m1../s1. The van der Waals surface area contributed by atoms with Gasteiger partial charge in [-0.05, 0) is 30.2 Å². The van der Waals surface area contributed by atoms with Gasteiger partial charge >= 0.3 is 5.97 Å². The molecule has 3 rings (SSSR count). The third-order valence-corrected chi connectivity index (χ3v) is 5.27. The molecule has 0 saturated carbocycles. The Balaban J connectivity index is 0.00000182. The monoisotopic (exact) mass is 474 g/mol. The quantitative estimate of drug-likeness (QED) is 0.692. The highest BCUT2D eigenvalue weighted by Gasteiger charge is 2.30. The van der Waals surface area contributed by atoms with Crippen molar-refractivity contribution in [2.24, 2.45) is 0 Å². The van der Waals surface area contributed by atoms with Gasteiger partial charge in [-0.25, -0.2) is 0 Å². The Morgan fingerprint density at radius 2 is 1.78 bits per heavy atom. The van der Waals surface area contributed by atoms with Gasteiger partial charge in [0.2, 0.25) is 0 Å². The van der Waals surface area contributed by atoms with E-state index in [2.05, 4.69) is 70.2 Å². The van der Waals surface area contributed by atoms with Crippen molar-refractivity contribution in [1.29, 1.82) is 0 Å². The van der Waals surface area contributed by atoms with E-state index in [1.54, 1.807) is 0 Å². The van der Waals surface area contributed by atoms with Crippen molar-refractivity contribution < 1.29 is 9.90 Å². The number of rotatable bonds is 5. The normalized spacial score (nSPS) is 18.8. The summed E-state index contributed by atoms with van der Waals surface area (Å²) in [5, 5.41) is 9.08. The number of nitrogens with zero attached hydrogens (tertiary/aromatic N) is 2. The minimum Gasteiger partial charge on any atom is -0.480 e. The average molecular weight is 476 g/mol. The van der Waals surface area contributed by atoms with Crippen LogP contribution in [0.1, 0.15) is 24.1 Å². The second-order valence-corrected chi connectivity index (χ2v) is 7.49. The van der Waals surface area contributed by atoms with Gasteiger partial charge in [-0.3, -0.25) is 14.6 Å². The maximum atomic E-state index is 11.0. The number of benzene rings is 2. The highest BCUT2D eigenvalue weighted by molar-refractivity contribution is 9.10. The molecule has 0 aliphatic carbocycles. The Kier molecular flexibility index (Phi) is 9.77. The van der Waals surface area contributed by atoms with Gasteiger partial charge in [0, 0.05) is 30.1 Å². The minimum absolute atomic E-state index is 0. The van der Waals surface area contributed by atoms with Crippen LogP contribution in [-0.2, 0) is 4.79 Å². The number of carboxylic acid groups (broad SMARTS) is 1. The predicted octanol–water partition coefficient (Wildman–Crippen LogP) is 4.47. The molecular weight excluding hydrogens is 451 g/mol. The highest BCUT2D eigenvalue weighted by Crippen LogP contribution is 2.31. The van der Waals surface area contributed by atoms with Gasteiger partial charge in [0.05, 0.1) is 12.6 Å². The molecule has 1 aliphatic rings. The summed E-state index contributed by atoms with van der Waals surface area (Å²) in [6.45, 7) is 4.69. The van der Waals surface area contributed by atoms with Crippen LogP contribution < -0.4 is 0 Å². The summed E-state index contributed by atoms with van der Waals surface area (Å²) in [5.41, 5.74) is 2.51. The molecule has 1 unspecified atom stereocenters. The summed E-state index contributed by atoms with van der Waals surface area (Å²) in [5.74, 6) is -0.758. The summed E-state index contributed by atoms with van der Waals surface area (Å²) in [6, 6.07) is 19.3. The molecule has 2 atom stereocenters. The van der Waals surface area contributed by atoms with E-state index in [1.165, 1.54) is 11.1 Å². The number of aliphatic carboxylic acids is 1. The summed E-state index contributed by atoms with van der Waals surface area (Å²) < 4.78 is 1.07. The number of carbonyl (C=O) groups is 1. The van der Waals surface area contributed by atoms with E-state index in [-0.39, 0.29) is 43.4 Å². The zero-order valence-corrected chi connectivity index (χ0v) is 18.3. The molecule has 4 nitrogen and oxygen atoms in total. The SMILES string of the molecule is CC1CN([C@H](c2ccccc2)c2cccc(Br)c2)CCN1CC(=O)O.Cl.Cl. The van der Waals surface area contributed by atoms with E-state index in [4.69, 9.17) is 5.11 Å². The lowest BCUT2D eigenvalue weighted by molar-refractivity contribution is -0.139. The number of piperazine rings is 1. The van der Waals surface area contributed by atoms with Crippen LogP contribution in [0, 0.1) is 0 Å². The lowest BCUT2D eigenvalue weighted by atomic mass is 9.95. The van der Waals surface area contributed by atoms with Crippen LogP contribution in [0.15, 0.2) is 59.1 Å². The Hall–Kier alpha value is -1.11. The van der Waals surface area contributed by atoms with Crippen molar-refractivity contribution in [3.63, 3.8) is 0 Å². The third kappa shape index (κ3) is 6.19. The van der Waals surface area contributed by atoms with Crippen LogP contribution in [0.4, 0.5) is 0 Å². The van der Waals surface area contributed by atoms with E-state index < -0.39 is 5.97 Å². The van der Waals surface area contributed by atoms with E-state index in [0.717, 1.165) is 24.1 Å². The molecule has 2 aromatic rings. The van der Waals surface area contributed by atoms with Crippen LogP contribution in [0.3, 0.4) is 0 Å². The van der Waals surface area contributed by atoms with Gasteiger partial charge < -0.3 is 5.11 Å². The van der Waals surface area contributed by atoms with Crippen LogP contribution in [-0.4, -0.2) is 53.1 Å².